The van der Waals surface area contributed by atoms with Crippen molar-refractivity contribution in [3.63, 3.8) is 0 Å². The van der Waals surface area contributed by atoms with Crippen LogP contribution in [0.4, 0.5) is 0 Å². The second kappa shape index (κ2) is 8.79. The van der Waals surface area contributed by atoms with Gasteiger partial charge in [-0.2, -0.15) is 12.6 Å². The normalized spacial score (nSPS) is 19.5. The van der Waals surface area contributed by atoms with Crippen molar-refractivity contribution in [2.24, 2.45) is 0 Å². The first-order valence-corrected chi connectivity index (χ1v) is 9.36. The first-order valence-electron chi connectivity index (χ1n) is 8.84. The summed E-state index contributed by atoms with van der Waals surface area (Å²) in [6.07, 6.45) is 7.52. The Morgan fingerprint density at radius 3 is 2.75 bits per heavy atom. The first-order chi connectivity index (χ1) is 13.5. The lowest BCUT2D eigenvalue weighted by atomic mass is 10.0. The molecule has 146 valence electrons. The largest absolute Gasteiger partial charge is 0.480 e. The molecule has 1 aromatic carbocycles. The van der Waals surface area contributed by atoms with E-state index in [1.54, 1.807) is 24.4 Å². The molecule has 1 aromatic rings. The Kier molecular flexibility index (Phi) is 6.20. The number of amides is 2. The molecule has 3 rings (SSSR count). The van der Waals surface area contributed by atoms with E-state index < -0.39 is 29.7 Å². The van der Waals surface area contributed by atoms with Gasteiger partial charge in [0.15, 0.2) is 0 Å². The van der Waals surface area contributed by atoms with Crippen LogP contribution in [-0.4, -0.2) is 45.6 Å². The molecule has 8 heteroatoms. The van der Waals surface area contributed by atoms with Gasteiger partial charge in [-0.05, 0) is 24.1 Å². The summed E-state index contributed by atoms with van der Waals surface area (Å²) in [7, 11) is 0. The number of nitrogens with zero attached hydrogens (tertiary/aromatic N) is 1. The molecular weight excluding hydrogens is 378 g/mol. The average Bonchev–Trinajstić information content (AvgIpc) is 2.91. The van der Waals surface area contributed by atoms with Gasteiger partial charge in [-0.25, -0.2) is 0 Å². The van der Waals surface area contributed by atoms with Crippen LogP contribution < -0.4 is 10.6 Å². The Labute approximate surface area is 168 Å². The van der Waals surface area contributed by atoms with Crippen LogP contribution in [0.3, 0.4) is 0 Å². The van der Waals surface area contributed by atoms with Crippen LogP contribution in [0.15, 0.2) is 66.2 Å². The van der Waals surface area contributed by atoms with Crippen LogP contribution in [-0.2, 0) is 20.8 Å². The molecule has 1 unspecified atom stereocenters. The number of carbonyl (C=O) groups is 3. The van der Waals surface area contributed by atoms with E-state index in [0.29, 0.717) is 17.8 Å². The van der Waals surface area contributed by atoms with E-state index in [0.717, 1.165) is 5.56 Å². The van der Waals surface area contributed by atoms with Gasteiger partial charge < -0.3 is 15.7 Å². The topological polar surface area (TPSA) is 98.7 Å². The lowest BCUT2D eigenvalue weighted by molar-refractivity contribution is -0.144. The Morgan fingerprint density at radius 2 is 2.04 bits per heavy atom. The highest BCUT2D eigenvalue weighted by molar-refractivity contribution is 7.81. The summed E-state index contributed by atoms with van der Waals surface area (Å²) in [5, 5.41) is 14.3. The summed E-state index contributed by atoms with van der Waals surface area (Å²) in [6.45, 7) is -0.482. The zero-order chi connectivity index (χ0) is 20.1. The molecule has 2 amide bonds. The fraction of sp³-hybridized carbons (Fsp3) is 0.250. The average molecular weight is 399 g/mol. The number of benzene rings is 1. The SMILES string of the molecule is O=C(O)CN1C(=O)C(NC(=O)[C@@H](S)Cc2ccccc2)CC2=C1C=CC=CN2. The highest BCUT2D eigenvalue weighted by atomic mass is 32.1. The maximum Gasteiger partial charge on any atom is 0.323 e. The molecule has 28 heavy (non-hydrogen) atoms. The minimum atomic E-state index is -1.13. The summed E-state index contributed by atoms with van der Waals surface area (Å²) in [5.41, 5.74) is 2.13. The molecule has 3 N–H and O–H groups in total. The van der Waals surface area contributed by atoms with Crippen molar-refractivity contribution >= 4 is 30.4 Å². The third-order valence-electron chi connectivity index (χ3n) is 4.48. The maximum absolute atomic E-state index is 12.9. The molecule has 0 spiro atoms. The van der Waals surface area contributed by atoms with E-state index in [-0.39, 0.29) is 12.3 Å². The number of rotatable bonds is 6. The van der Waals surface area contributed by atoms with Crippen molar-refractivity contribution < 1.29 is 19.5 Å². The monoisotopic (exact) mass is 399 g/mol. The quantitative estimate of drug-likeness (QED) is 0.539. The van der Waals surface area contributed by atoms with E-state index in [1.165, 1.54) is 4.90 Å². The molecule has 0 fully saturated rings. The highest BCUT2D eigenvalue weighted by Crippen LogP contribution is 2.24. The summed E-state index contributed by atoms with van der Waals surface area (Å²) in [5.74, 6) is -1.96. The smallest absolute Gasteiger partial charge is 0.323 e. The van der Waals surface area contributed by atoms with Gasteiger partial charge in [-0.3, -0.25) is 19.3 Å². The fourth-order valence-corrected chi connectivity index (χ4v) is 3.43. The third kappa shape index (κ3) is 4.64. The highest BCUT2D eigenvalue weighted by Gasteiger charge is 2.36. The van der Waals surface area contributed by atoms with Crippen molar-refractivity contribution in [3.05, 3.63) is 71.7 Å². The van der Waals surface area contributed by atoms with Gasteiger partial charge in [0, 0.05) is 18.3 Å². The zero-order valence-corrected chi connectivity index (χ0v) is 15.9. The number of nitrogens with one attached hydrogen (secondary N) is 2. The van der Waals surface area contributed by atoms with Crippen molar-refractivity contribution in [3.8, 4) is 0 Å². The fourth-order valence-electron chi connectivity index (χ4n) is 3.15. The minimum absolute atomic E-state index is 0.247. The first kappa shape index (κ1) is 19.8. The van der Waals surface area contributed by atoms with Gasteiger partial charge in [0.05, 0.1) is 10.9 Å². The summed E-state index contributed by atoms with van der Waals surface area (Å²) < 4.78 is 0. The standard InChI is InChI=1S/C20H21N3O4S/c24-18(25)12-23-16-8-4-5-9-21-14(16)11-15(20(23)27)22-19(26)17(28)10-13-6-2-1-3-7-13/h1-9,15,17,21,28H,10-12H2,(H,22,26)(H,24,25)/t15?,17-/m0/s1. The number of allylic oxidation sites excluding steroid dienone is 3. The predicted molar refractivity (Wildman–Crippen MR) is 107 cm³/mol. The minimum Gasteiger partial charge on any atom is -0.480 e. The van der Waals surface area contributed by atoms with Gasteiger partial charge in [-0.1, -0.05) is 36.4 Å². The van der Waals surface area contributed by atoms with Crippen molar-refractivity contribution in [1.82, 2.24) is 15.5 Å². The molecule has 0 saturated carbocycles. The van der Waals surface area contributed by atoms with Crippen molar-refractivity contribution in [2.75, 3.05) is 6.54 Å². The number of hydrogen-bond acceptors (Lipinski definition) is 5. The van der Waals surface area contributed by atoms with Crippen LogP contribution >= 0.6 is 12.6 Å². The Morgan fingerprint density at radius 1 is 1.29 bits per heavy atom. The van der Waals surface area contributed by atoms with E-state index in [2.05, 4.69) is 23.3 Å². The molecular formula is C20H21N3O4S. The van der Waals surface area contributed by atoms with E-state index in [4.69, 9.17) is 0 Å². The second-order valence-corrected chi connectivity index (χ2v) is 7.14. The van der Waals surface area contributed by atoms with Crippen molar-refractivity contribution in [1.29, 1.82) is 0 Å². The molecule has 2 atom stereocenters. The summed E-state index contributed by atoms with van der Waals surface area (Å²) in [4.78, 5) is 37.8. The van der Waals surface area contributed by atoms with Crippen LogP contribution in [0.5, 0.6) is 0 Å². The van der Waals surface area contributed by atoms with Gasteiger partial charge in [0.2, 0.25) is 5.91 Å². The molecule has 2 aliphatic rings. The number of carboxylic acids is 1. The van der Waals surface area contributed by atoms with Gasteiger partial charge in [0.25, 0.3) is 5.91 Å². The zero-order valence-electron chi connectivity index (χ0n) is 15.0. The Balaban J connectivity index is 1.74. The van der Waals surface area contributed by atoms with Crippen LogP contribution in [0, 0.1) is 0 Å². The van der Waals surface area contributed by atoms with Crippen LogP contribution in [0.1, 0.15) is 12.0 Å². The number of hydrogen-bond donors (Lipinski definition) is 4. The molecule has 7 nitrogen and oxygen atoms in total. The van der Waals surface area contributed by atoms with Crippen LogP contribution in [0.25, 0.3) is 0 Å². The number of thiol groups is 1. The second-order valence-electron chi connectivity index (χ2n) is 6.52. The lowest BCUT2D eigenvalue weighted by Crippen LogP contribution is -2.54. The molecule has 2 heterocycles. The van der Waals surface area contributed by atoms with Crippen molar-refractivity contribution in [2.45, 2.75) is 24.1 Å². The molecule has 0 saturated heterocycles. The Hall–Kier alpha value is -3.00. The lowest BCUT2D eigenvalue weighted by Gasteiger charge is -2.34. The van der Waals surface area contributed by atoms with Gasteiger partial charge in [0.1, 0.15) is 12.6 Å². The molecule has 0 aliphatic carbocycles. The molecule has 0 aromatic heterocycles. The molecule has 0 bridgehead atoms. The van der Waals surface area contributed by atoms with Gasteiger partial charge >= 0.3 is 5.97 Å². The van der Waals surface area contributed by atoms with Gasteiger partial charge in [-0.15, -0.1) is 0 Å². The number of carbonyl (C=O) groups excluding carboxylic acids is 2. The van der Waals surface area contributed by atoms with Crippen LogP contribution in [0.2, 0.25) is 0 Å². The Bertz CT molecular complexity index is 863. The maximum atomic E-state index is 12.9. The molecule has 0 radical (unpaired) electrons. The molecule has 2 aliphatic heterocycles. The summed E-state index contributed by atoms with van der Waals surface area (Å²) >= 11 is 4.37. The number of carboxylic acid groups (broad SMARTS) is 1. The van der Waals surface area contributed by atoms with E-state index >= 15 is 0 Å². The summed E-state index contributed by atoms with van der Waals surface area (Å²) in [6, 6.07) is 8.61. The van der Waals surface area contributed by atoms with E-state index in [9.17, 15) is 19.5 Å². The number of aliphatic carboxylic acids is 1. The van der Waals surface area contributed by atoms with E-state index in [1.807, 2.05) is 30.3 Å². The third-order valence-corrected chi connectivity index (χ3v) is 4.89. The predicted octanol–water partition coefficient (Wildman–Crippen LogP) is 1.21.